The number of methoxy groups -OCH3 is 1. The molecule has 0 aromatic heterocycles. The Morgan fingerprint density at radius 2 is 1.90 bits per heavy atom. The molecule has 0 aliphatic carbocycles. The Kier molecular flexibility index (Phi) is 3.17. The lowest BCUT2D eigenvalue weighted by molar-refractivity contribution is 0.0836. The molecule has 108 valence electrons. The van der Waals surface area contributed by atoms with Gasteiger partial charge in [-0.05, 0) is 5.56 Å². The first-order valence-corrected chi connectivity index (χ1v) is 6.49. The molecule has 0 fully saturated rings. The molecule has 0 bridgehead atoms. The van der Waals surface area contributed by atoms with Crippen LogP contribution < -0.4 is 9.47 Å². The van der Waals surface area contributed by atoms with Crippen LogP contribution in [0.25, 0.3) is 0 Å². The molecule has 5 heteroatoms. The molecule has 0 saturated carbocycles. The van der Waals surface area contributed by atoms with Gasteiger partial charge in [0.15, 0.2) is 17.3 Å². The first-order chi connectivity index (χ1) is 10.1. The second-order valence-electron chi connectivity index (χ2n) is 4.80. The molecule has 1 aliphatic rings. The van der Waals surface area contributed by atoms with Gasteiger partial charge < -0.3 is 19.7 Å². The summed E-state index contributed by atoms with van der Waals surface area (Å²) in [6.07, 6.45) is -0.348. The average Bonchev–Trinajstić information content (AvgIpc) is 2.47. The lowest BCUT2D eigenvalue weighted by Crippen LogP contribution is -2.21. The van der Waals surface area contributed by atoms with Crippen molar-refractivity contribution in [3.05, 3.63) is 47.5 Å². The third-order valence-corrected chi connectivity index (χ3v) is 3.48. The summed E-state index contributed by atoms with van der Waals surface area (Å²) in [6, 6.07) is 10.4. The topological polar surface area (TPSA) is 76.0 Å². The fourth-order valence-electron chi connectivity index (χ4n) is 2.50. The summed E-state index contributed by atoms with van der Waals surface area (Å²) in [5.74, 6) is -0.687. The van der Waals surface area contributed by atoms with Crippen LogP contribution in [0.5, 0.6) is 23.0 Å². The lowest BCUT2D eigenvalue weighted by Gasteiger charge is -2.27. The highest BCUT2D eigenvalue weighted by Crippen LogP contribution is 2.49. The largest absolute Gasteiger partial charge is 0.507 e. The van der Waals surface area contributed by atoms with Gasteiger partial charge >= 0.3 is 0 Å². The maximum absolute atomic E-state index is 12.3. The molecule has 0 spiro atoms. The molecule has 1 atom stereocenters. The number of hydrogen-bond acceptors (Lipinski definition) is 5. The number of fused-ring (bicyclic) bond motifs is 1. The van der Waals surface area contributed by atoms with Crippen molar-refractivity contribution in [3.63, 3.8) is 0 Å². The highest BCUT2D eigenvalue weighted by molar-refractivity contribution is 6.03. The van der Waals surface area contributed by atoms with Crippen LogP contribution in [-0.2, 0) is 0 Å². The van der Waals surface area contributed by atoms with E-state index in [1.165, 1.54) is 7.11 Å². The van der Waals surface area contributed by atoms with E-state index < -0.39 is 6.10 Å². The van der Waals surface area contributed by atoms with E-state index in [1.54, 1.807) is 0 Å². The number of ketones is 1. The van der Waals surface area contributed by atoms with Gasteiger partial charge in [-0.3, -0.25) is 4.79 Å². The third kappa shape index (κ3) is 2.16. The van der Waals surface area contributed by atoms with E-state index in [4.69, 9.17) is 9.47 Å². The molecule has 1 aliphatic heterocycles. The SMILES string of the molecule is COc1c(O)cc(O)c2c1O[C@H](c1ccccc1)CC2=O. The van der Waals surface area contributed by atoms with E-state index in [9.17, 15) is 15.0 Å². The van der Waals surface area contributed by atoms with Crippen LogP contribution in [0.4, 0.5) is 0 Å². The van der Waals surface area contributed by atoms with Gasteiger partial charge in [0, 0.05) is 6.07 Å². The number of carbonyl (C=O) groups excluding carboxylic acids is 1. The van der Waals surface area contributed by atoms with Crippen LogP contribution in [0.2, 0.25) is 0 Å². The summed E-state index contributed by atoms with van der Waals surface area (Å²) in [5.41, 5.74) is 0.901. The number of carbonyl (C=O) groups is 1. The lowest BCUT2D eigenvalue weighted by atomic mass is 9.95. The van der Waals surface area contributed by atoms with Crippen molar-refractivity contribution in [1.29, 1.82) is 0 Å². The quantitative estimate of drug-likeness (QED) is 0.887. The van der Waals surface area contributed by atoms with Gasteiger partial charge in [-0.1, -0.05) is 30.3 Å². The summed E-state index contributed by atoms with van der Waals surface area (Å²) in [5, 5.41) is 19.7. The van der Waals surface area contributed by atoms with Gasteiger partial charge in [0.1, 0.15) is 17.4 Å². The van der Waals surface area contributed by atoms with Crippen molar-refractivity contribution >= 4 is 5.78 Å². The first-order valence-electron chi connectivity index (χ1n) is 6.49. The molecule has 2 aromatic rings. The molecule has 1 heterocycles. The summed E-state index contributed by atoms with van der Waals surface area (Å²) in [6.45, 7) is 0. The van der Waals surface area contributed by atoms with Gasteiger partial charge in [0.25, 0.3) is 0 Å². The average molecular weight is 286 g/mol. The molecule has 21 heavy (non-hydrogen) atoms. The van der Waals surface area contributed by atoms with Crippen LogP contribution in [0.15, 0.2) is 36.4 Å². The predicted octanol–water partition coefficient (Wildman–Crippen LogP) is 2.81. The first kappa shape index (κ1) is 13.3. The molecule has 0 saturated heterocycles. The Morgan fingerprint density at radius 3 is 2.57 bits per heavy atom. The summed E-state index contributed by atoms with van der Waals surface area (Å²) >= 11 is 0. The van der Waals surface area contributed by atoms with Gasteiger partial charge in [-0.25, -0.2) is 0 Å². The molecular formula is C16H14O5. The van der Waals surface area contributed by atoms with Crippen molar-refractivity contribution in [2.75, 3.05) is 7.11 Å². The molecule has 0 amide bonds. The van der Waals surface area contributed by atoms with Gasteiger partial charge in [-0.15, -0.1) is 0 Å². The minimum atomic E-state index is -0.471. The van der Waals surface area contributed by atoms with Crippen molar-refractivity contribution in [3.8, 4) is 23.0 Å². The van der Waals surface area contributed by atoms with Crippen molar-refractivity contribution < 1.29 is 24.5 Å². The van der Waals surface area contributed by atoms with E-state index in [0.29, 0.717) is 0 Å². The number of phenolic OH excluding ortho intramolecular Hbond substituents is 2. The van der Waals surface area contributed by atoms with E-state index in [0.717, 1.165) is 11.6 Å². The predicted molar refractivity (Wildman–Crippen MR) is 75.1 cm³/mol. The smallest absolute Gasteiger partial charge is 0.204 e. The van der Waals surface area contributed by atoms with E-state index in [2.05, 4.69) is 0 Å². The van der Waals surface area contributed by atoms with Crippen molar-refractivity contribution in [2.24, 2.45) is 0 Å². The number of rotatable bonds is 2. The maximum atomic E-state index is 12.3. The van der Waals surface area contributed by atoms with Crippen molar-refractivity contribution in [2.45, 2.75) is 12.5 Å². The standard InChI is InChI=1S/C16H14O5/c1-20-15-12(19)7-10(17)14-11(18)8-13(21-16(14)15)9-5-3-2-4-6-9/h2-7,13,17,19H,8H2,1H3/t13-/m0/s1. The Labute approximate surface area is 121 Å². The third-order valence-electron chi connectivity index (χ3n) is 3.48. The van der Waals surface area contributed by atoms with Crippen LogP contribution in [-0.4, -0.2) is 23.1 Å². The van der Waals surface area contributed by atoms with Crippen LogP contribution in [0.3, 0.4) is 0 Å². The molecule has 0 unspecified atom stereocenters. The molecule has 5 nitrogen and oxygen atoms in total. The molecule has 3 rings (SSSR count). The highest BCUT2D eigenvalue weighted by Gasteiger charge is 2.34. The minimum absolute atomic E-state index is 0.0526. The summed E-state index contributed by atoms with van der Waals surface area (Å²) in [4.78, 5) is 12.3. The van der Waals surface area contributed by atoms with Gasteiger partial charge in [0.2, 0.25) is 5.75 Å². The number of hydrogen-bond donors (Lipinski definition) is 2. The minimum Gasteiger partial charge on any atom is -0.507 e. The number of aromatic hydroxyl groups is 2. The maximum Gasteiger partial charge on any atom is 0.204 e. The Hall–Kier alpha value is -2.69. The number of phenols is 2. The van der Waals surface area contributed by atoms with Crippen molar-refractivity contribution in [1.82, 2.24) is 0 Å². The zero-order valence-electron chi connectivity index (χ0n) is 11.4. The van der Waals surface area contributed by atoms with E-state index in [-0.39, 0.29) is 40.8 Å². The number of ether oxygens (including phenoxy) is 2. The molecule has 2 N–H and O–H groups in total. The number of Topliss-reactive ketones (excluding diaryl/α,β-unsaturated/α-hetero) is 1. The Bertz CT molecular complexity index is 694. The van der Waals surface area contributed by atoms with Crippen LogP contribution >= 0.6 is 0 Å². The molecule has 0 radical (unpaired) electrons. The Morgan fingerprint density at radius 1 is 1.19 bits per heavy atom. The normalized spacial score (nSPS) is 17.0. The van der Waals surface area contributed by atoms with Crippen LogP contribution in [0.1, 0.15) is 28.4 Å². The summed E-state index contributed by atoms with van der Waals surface area (Å²) in [7, 11) is 1.37. The van der Waals surface area contributed by atoms with Gasteiger partial charge in [0.05, 0.1) is 13.5 Å². The van der Waals surface area contributed by atoms with E-state index in [1.807, 2.05) is 30.3 Å². The number of benzene rings is 2. The van der Waals surface area contributed by atoms with E-state index >= 15 is 0 Å². The summed E-state index contributed by atoms with van der Waals surface area (Å²) < 4.78 is 10.9. The monoisotopic (exact) mass is 286 g/mol. The molecular weight excluding hydrogens is 272 g/mol. The fraction of sp³-hybridized carbons (Fsp3) is 0.188. The Balaban J connectivity index is 2.11. The molecule has 2 aromatic carbocycles. The second-order valence-corrected chi connectivity index (χ2v) is 4.80. The van der Waals surface area contributed by atoms with Crippen LogP contribution in [0, 0.1) is 0 Å². The second kappa shape index (κ2) is 5.01. The highest BCUT2D eigenvalue weighted by atomic mass is 16.5. The fourth-order valence-corrected chi connectivity index (χ4v) is 2.50. The van der Waals surface area contributed by atoms with Gasteiger partial charge in [-0.2, -0.15) is 0 Å². The zero-order valence-corrected chi connectivity index (χ0v) is 11.4. The zero-order chi connectivity index (χ0) is 15.0.